The van der Waals surface area contributed by atoms with Crippen molar-refractivity contribution in [3.05, 3.63) is 44.8 Å². The van der Waals surface area contributed by atoms with Gasteiger partial charge in [0.05, 0.1) is 16.4 Å². The van der Waals surface area contributed by atoms with Crippen molar-refractivity contribution in [1.82, 2.24) is 10.1 Å². The Morgan fingerprint density at radius 3 is 2.43 bits per heavy atom. The van der Waals surface area contributed by atoms with E-state index in [0.717, 1.165) is 25.2 Å². The zero-order valence-corrected chi connectivity index (χ0v) is 14.0. The van der Waals surface area contributed by atoms with Crippen molar-refractivity contribution in [3.8, 4) is 0 Å². The highest BCUT2D eigenvalue weighted by molar-refractivity contribution is 9.10. The van der Waals surface area contributed by atoms with E-state index >= 15 is 0 Å². The summed E-state index contributed by atoms with van der Waals surface area (Å²) in [4.78, 5) is 4.47. The summed E-state index contributed by atoms with van der Waals surface area (Å²) < 4.78 is 0.950. The van der Waals surface area contributed by atoms with Gasteiger partial charge >= 0.3 is 0 Å². The molecule has 0 saturated carbocycles. The van der Waals surface area contributed by atoms with E-state index in [0.29, 0.717) is 5.70 Å². The van der Waals surface area contributed by atoms with Gasteiger partial charge < -0.3 is 0 Å². The number of halogens is 1. The third-order valence-electron chi connectivity index (χ3n) is 4.68. The van der Waals surface area contributed by atoms with Gasteiger partial charge in [0, 0.05) is 9.69 Å². The topological polar surface area (TPSA) is 59.0 Å². The minimum atomic E-state index is -0.761. The molecule has 0 unspecified atom stereocenters. The molecule has 0 spiro atoms. The maximum absolute atomic E-state index is 12.6. The van der Waals surface area contributed by atoms with Crippen LogP contribution in [0.1, 0.15) is 27.7 Å². The molecular formula is C15H17BrN3O2. The van der Waals surface area contributed by atoms with Crippen LogP contribution in [-0.4, -0.2) is 26.4 Å². The number of benzene rings is 1. The summed E-state index contributed by atoms with van der Waals surface area (Å²) in [6, 6.07) is 5.72. The highest BCUT2D eigenvalue weighted by atomic mass is 79.9. The number of allylic oxidation sites excluding steroid dienone is 1. The van der Waals surface area contributed by atoms with Crippen molar-refractivity contribution >= 4 is 22.0 Å². The average Bonchev–Trinajstić information content (AvgIpc) is 2.84. The number of nitrogens with zero attached hydrogens (tertiary/aromatic N) is 3. The summed E-state index contributed by atoms with van der Waals surface area (Å²) in [7, 11) is 0. The van der Waals surface area contributed by atoms with Crippen LogP contribution in [0.3, 0.4) is 0 Å². The highest BCUT2D eigenvalue weighted by Gasteiger charge is 2.57. The maximum atomic E-state index is 12.6. The van der Waals surface area contributed by atoms with Crippen LogP contribution in [0.15, 0.2) is 39.2 Å². The lowest BCUT2D eigenvalue weighted by atomic mass is 9.84. The Labute approximate surface area is 131 Å². The summed E-state index contributed by atoms with van der Waals surface area (Å²) in [5.74, 6) is 0.192. The molecule has 1 fully saturated rings. The van der Waals surface area contributed by atoms with Crippen LogP contribution < -0.4 is 10.6 Å². The molecule has 0 bridgehead atoms. The van der Waals surface area contributed by atoms with Gasteiger partial charge in [-0.05, 0) is 52.0 Å². The second kappa shape index (κ2) is 4.32. The molecule has 1 aromatic carbocycles. The van der Waals surface area contributed by atoms with E-state index in [1.54, 1.807) is 0 Å². The molecule has 2 heterocycles. The van der Waals surface area contributed by atoms with Gasteiger partial charge in [0.2, 0.25) is 0 Å². The number of hydroxylamine groups is 4. The number of rotatable bonds is 0. The molecule has 0 aliphatic carbocycles. The van der Waals surface area contributed by atoms with Gasteiger partial charge in [-0.15, -0.1) is 0 Å². The Morgan fingerprint density at radius 1 is 1.19 bits per heavy atom. The molecule has 1 radical (unpaired) electrons. The van der Waals surface area contributed by atoms with Gasteiger partial charge in [-0.1, -0.05) is 21.1 Å². The van der Waals surface area contributed by atoms with Gasteiger partial charge in [-0.25, -0.2) is 10.1 Å². The molecular weight excluding hydrogens is 334 g/mol. The molecule has 1 N–H and O–H groups in total. The Balaban J connectivity index is 2.22. The van der Waals surface area contributed by atoms with Gasteiger partial charge in [-0.2, -0.15) is 5.06 Å². The van der Waals surface area contributed by atoms with Crippen LogP contribution in [0.2, 0.25) is 0 Å². The fourth-order valence-corrected chi connectivity index (χ4v) is 2.88. The minimum absolute atomic E-state index is 0.192. The molecule has 0 atom stereocenters. The van der Waals surface area contributed by atoms with Crippen LogP contribution in [0.4, 0.5) is 0 Å². The minimum Gasteiger partial charge on any atom is -0.286 e. The largest absolute Gasteiger partial charge is 0.286 e. The third-order valence-corrected chi connectivity index (χ3v) is 5.17. The summed E-state index contributed by atoms with van der Waals surface area (Å²) >= 11 is 3.42. The third kappa shape index (κ3) is 1.86. The number of hydrogen-bond donors (Lipinski definition) is 1. The first-order valence-electron chi connectivity index (χ1n) is 6.73. The lowest BCUT2D eigenvalue weighted by Crippen LogP contribution is -2.52. The molecule has 111 valence electrons. The highest BCUT2D eigenvalue weighted by Crippen LogP contribution is 2.44. The first-order valence-corrected chi connectivity index (χ1v) is 7.52. The van der Waals surface area contributed by atoms with Crippen molar-refractivity contribution in [1.29, 1.82) is 0 Å². The zero-order chi connectivity index (χ0) is 15.6. The van der Waals surface area contributed by atoms with Gasteiger partial charge in [-0.3, -0.25) is 5.21 Å². The molecule has 2 aliphatic rings. The lowest BCUT2D eigenvalue weighted by Gasteiger charge is -2.36. The number of hydrogen-bond acceptors (Lipinski definition) is 4. The quantitative estimate of drug-likeness (QED) is 0.777. The molecule has 0 aromatic heterocycles. The van der Waals surface area contributed by atoms with Crippen molar-refractivity contribution in [2.45, 2.75) is 38.8 Å². The standard InChI is InChI=1S/C15H17BrN3O2/c1-14(2)15(3,4)19(21)13(18(14)20)12-8-9-7-10(16)5-6-11(9)17-12/h5-8,20H,1-4H3/b13-12+. The summed E-state index contributed by atoms with van der Waals surface area (Å²) in [6.45, 7) is 7.30. The molecule has 1 aromatic rings. The Bertz CT molecular complexity index is 746. The molecule has 3 rings (SSSR count). The van der Waals surface area contributed by atoms with Crippen molar-refractivity contribution < 1.29 is 10.4 Å². The van der Waals surface area contributed by atoms with E-state index in [4.69, 9.17) is 0 Å². The van der Waals surface area contributed by atoms with Crippen LogP contribution in [-0.2, 0) is 5.21 Å². The van der Waals surface area contributed by atoms with Gasteiger partial charge in [0.25, 0.3) is 0 Å². The van der Waals surface area contributed by atoms with Crippen molar-refractivity contribution in [2.75, 3.05) is 0 Å². The smallest absolute Gasteiger partial charge is 0.183 e. The van der Waals surface area contributed by atoms with Gasteiger partial charge in [0.1, 0.15) is 5.70 Å². The van der Waals surface area contributed by atoms with E-state index in [-0.39, 0.29) is 5.82 Å². The summed E-state index contributed by atoms with van der Waals surface area (Å²) in [5, 5.41) is 26.7. The van der Waals surface area contributed by atoms with Crippen molar-refractivity contribution in [3.63, 3.8) is 0 Å². The lowest BCUT2D eigenvalue weighted by molar-refractivity contribution is -0.181. The second-order valence-electron chi connectivity index (χ2n) is 6.39. The van der Waals surface area contributed by atoms with Gasteiger partial charge in [0.15, 0.2) is 5.82 Å². The molecule has 2 aliphatic heterocycles. The van der Waals surface area contributed by atoms with Crippen LogP contribution in [0, 0.1) is 0 Å². The fourth-order valence-electron chi connectivity index (χ4n) is 2.50. The fraction of sp³-hybridized carbons (Fsp3) is 0.400. The van der Waals surface area contributed by atoms with Crippen LogP contribution in [0.5, 0.6) is 0 Å². The second-order valence-corrected chi connectivity index (χ2v) is 7.31. The predicted octanol–water partition coefficient (Wildman–Crippen LogP) is 1.94. The van der Waals surface area contributed by atoms with E-state index in [1.807, 2.05) is 52.0 Å². The first-order chi connectivity index (χ1) is 9.66. The van der Waals surface area contributed by atoms with E-state index < -0.39 is 11.1 Å². The number of fused-ring (bicyclic) bond motifs is 1. The molecule has 6 heteroatoms. The SMILES string of the molecule is CC1(C)N([O])/C(=C2\C=c3cc(Br)ccc3=N2)N(O)C1(C)C. The Morgan fingerprint density at radius 2 is 1.86 bits per heavy atom. The monoisotopic (exact) mass is 350 g/mol. The molecule has 21 heavy (non-hydrogen) atoms. The summed E-state index contributed by atoms with van der Waals surface area (Å²) in [5.41, 5.74) is -0.988. The van der Waals surface area contributed by atoms with E-state index in [2.05, 4.69) is 20.9 Å². The first kappa shape index (κ1) is 14.6. The zero-order valence-electron chi connectivity index (χ0n) is 12.4. The molecule has 1 saturated heterocycles. The normalized spacial score (nSPS) is 25.7. The predicted molar refractivity (Wildman–Crippen MR) is 80.7 cm³/mol. The van der Waals surface area contributed by atoms with Crippen LogP contribution >= 0.6 is 15.9 Å². The summed E-state index contributed by atoms with van der Waals surface area (Å²) in [6.07, 6.45) is 1.82. The Kier molecular flexibility index (Phi) is 2.99. The maximum Gasteiger partial charge on any atom is 0.183 e. The van der Waals surface area contributed by atoms with E-state index in [9.17, 15) is 10.4 Å². The molecule has 0 amide bonds. The molecule has 5 nitrogen and oxygen atoms in total. The van der Waals surface area contributed by atoms with Crippen molar-refractivity contribution in [2.24, 2.45) is 4.99 Å². The average molecular weight is 351 g/mol. The van der Waals surface area contributed by atoms with E-state index in [1.165, 1.54) is 0 Å². The Hall–Kier alpha value is -1.37. The van der Waals surface area contributed by atoms with Crippen LogP contribution in [0.25, 0.3) is 6.08 Å².